The van der Waals surface area contributed by atoms with Crippen LogP contribution in [-0.4, -0.2) is 11.4 Å². The van der Waals surface area contributed by atoms with Gasteiger partial charge in [0.25, 0.3) is 0 Å². The van der Waals surface area contributed by atoms with Gasteiger partial charge >= 0.3 is 0 Å². The third kappa shape index (κ3) is 4.71. The van der Waals surface area contributed by atoms with E-state index in [4.69, 9.17) is 16.9 Å². The minimum absolute atomic E-state index is 0.539. The Kier molecular flexibility index (Phi) is 6.00. The van der Waals surface area contributed by atoms with E-state index in [0.29, 0.717) is 15.9 Å². The second kappa shape index (κ2) is 7.99. The van der Waals surface area contributed by atoms with E-state index in [2.05, 4.69) is 10.3 Å². The number of halogens is 1. The van der Waals surface area contributed by atoms with Crippen LogP contribution >= 0.6 is 35.1 Å². The van der Waals surface area contributed by atoms with Gasteiger partial charge in [-0.05, 0) is 36.6 Å². The van der Waals surface area contributed by atoms with Crippen molar-refractivity contribution in [3.63, 3.8) is 0 Å². The van der Waals surface area contributed by atoms with Gasteiger partial charge in [0.2, 0.25) is 0 Å². The molecule has 0 saturated heterocycles. The fourth-order valence-electron chi connectivity index (χ4n) is 1.55. The smallest absolute Gasteiger partial charge is 0.183 e. The summed E-state index contributed by atoms with van der Waals surface area (Å²) in [7, 11) is 0. The van der Waals surface area contributed by atoms with Gasteiger partial charge in [0.1, 0.15) is 0 Å². The van der Waals surface area contributed by atoms with Crippen LogP contribution in [0.15, 0.2) is 63.3 Å². The van der Waals surface area contributed by atoms with Crippen LogP contribution in [0.4, 0.5) is 5.69 Å². The van der Waals surface area contributed by atoms with Crippen LogP contribution in [0.5, 0.6) is 0 Å². The Hall–Kier alpha value is -1.61. The highest BCUT2D eigenvalue weighted by molar-refractivity contribution is 8.13. The Balaban J connectivity index is 2.20. The lowest BCUT2D eigenvalue weighted by Gasteiger charge is -2.06. The number of nitrogens with zero attached hydrogens (tertiary/aromatic N) is 2. The third-order valence-electron chi connectivity index (χ3n) is 2.47. The molecule has 2 rings (SSSR count). The SMILES string of the molecule is CSC(=Nc1ccc(Sc2ccccc2)c(Cl)c1)NC#N. The molecule has 21 heavy (non-hydrogen) atoms. The molecule has 0 atom stereocenters. The Morgan fingerprint density at radius 2 is 2.00 bits per heavy atom. The summed E-state index contributed by atoms with van der Waals surface area (Å²) in [6.07, 6.45) is 3.71. The lowest BCUT2D eigenvalue weighted by molar-refractivity contribution is 1.27. The van der Waals surface area contributed by atoms with Gasteiger partial charge in [0.15, 0.2) is 11.4 Å². The number of thioether (sulfide) groups is 1. The molecule has 0 amide bonds. The summed E-state index contributed by atoms with van der Waals surface area (Å²) in [5.74, 6) is 0. The fourth-order valence-corrected chi connectivity index (χ4v) is 3.02. The van der Waals surface area contributed by atoms with Gasteiger partial charge in [-0.1, -0.05) is 53.3 Å². The van der Waals surface area contributed by atoms with Crippen LogP contribution < -0.4 is 5.32 Å². The molecule has 0 unspecified atom stereocenters. The fraction of sp³-hybridized carbons (Fsp3) is 0.0667. The van der Waals surface area contributed by atoms with E-state index in [-0.39, 0.29) is 0 Å². The Morgan fingerprint density at radius 3 is 2.62 bits per heavy atom. The predicted molar refractivity (Wildman–Crippen MR) is 91.4 cm³/mol. The van der Waals surface area contributed by atoms with E-state index in [1.807, 2.05) is 54.9 Å². The van der Waals surface area contributed by atoms with Gasteiger partial charge in [0, 0.05) is 9.79 Å². The molecule has 106 valence electrons. The Morgan fingerprint density at radius 1 is 1.24 bits per heavy atom. The van der Waals surface area contributed by atoms with E-state index in [1.54, 1.807) is 17.8 Å². The average Bonchev–Trinajstić information content (AvgIpc) is 2.50. The van der Waals surface area contributed by atoms with E-state index in [1.165, 1.54) is 11.8 Å². The Bertz CT molecular complexity index is 681. The molecule has 3 nitrogen and oxygen atoms in total. The van der Waals surface area contributed by atoms with Crippen molar-refractivity contribution >= 4 is 46.0 Å². The zero-order valence-corrected chi connectivity index (χ0v) is 13.6. The van der Waals surface area contributed by atoms with Crippen LogP contribution in [0.3, 0.4) is 0 Å². The lowest BCUT2D eigenvalue weighted by atomic mass is 10.3. The molecule has 0 aromatic heterocycles. The summed E-state index contributed by atoms with van der Waals surface area (Å²) >= 11 is 9.28. The minimum atomic E-state index is 0.539. The molecule has 0 radical (unpaired) electrons. The van der Waals surface area contributed by atoms with Gasteiger partial charge in [-0.15, -0.1) is 0 Å². The average molecular weight is 334 g/mol. The van der Waals surface area contributed by atoms with Crippen LogP contribution in [-0.2, 0) is 0 Å². The first-order chi connectivity index (χ1) is 10.2. The monoisotopic (exact) mass is 333 g/mol. The van der Waals surface area contributed by atoms with E-state index < -0.39 is 0 Å². The molecule has 0 heterocycles. The summed E-state index contributed by atoms with van der Waals surface area (Å²) < 4.78 is 0. The number of amidine groups is 1. The first-order valence-electron chi connectivity index (χ1n) is 6.03. The number of nitriles is 1. The molecule has 2 aromatic carbocycles. The van der Waals surface area contributed by atoms with Crippen molar-refractivity contribution in [2.75, 3.05) is 6.26 Å². The molecule has 6 heteroatoms. The lowest BCUT2D eigenvalue weighted by Crippen LogP contribution is -2.12. The molecule has 0 saturated carbocycles. The van der Waals surface area contributed by atoms with Gasteiger partial charge in [-0.25, -0.2) is 4.99 Å². The highest BCUT2D eigenvalue weighted by atomic mass is 35.5. The number of aliphatic imine (C=N–C) groups is 1. The van der Waals surface area contributed by atoms with Gasteiger partial charge < -0.3 is 0 Å². The normalized spacial score (nSPS) is 11.0. The van der Waals surface area contributed by atoms with E-state index in [0.717, 1.165) is 9.79 Å². The van der Waals surface area contributed by atoms with E-state index >= 15 is 0 Å². The second-order valence-corrected chi connectivity index (χ2v) is 6.21. The van der Waals surface area contributed by atoms with Crippen molar-refractivity contribution in [1.82, 2.24) is 5.32 Å². The molecule has 2 aromatic rings. The molecular weight excluding hydrogens is 322 g/mol. The van der Waals surface area contributed by atoms with Crippen molar-refractivity contribution < 1.29 is 0 Å². The quantitative estimate of drug-likeness (QED) is 0.375. The van der Waals surface area contributed by atoms with Crippen LogP contribution in [0.1, 0.15) is 0 Å². The van der Waals surface area contributed by atoms with Crippen LogP contribution in [0.25, 0.3) is 0 Å². The zero-order chi connectivity index (χ0) is 15.1. The van der Waals surface area contributed by atoms with Crippen molar-refractivity contribution in [3.05, 3.63) is 53.6 Å². The molecule has 1 N–H and O–H groups in total. The molecule has 0 bridgehead atoms. The largest absolute Gasteiger partial charge is 0.271 e. The predicted octanol–water partition coefficient (Wildman–Crippen LogP) is 4.91. The zero-order valence-electron chi connectivity index (χ0n) is 11.2. The summed E-state index contributed by atoms with van der Waals surface area (Å²) in [5.41, 5.74) is 0.713. The number of nitrogens with one attached hydrogen (secondary N) is 1. The number of hydrogen-bond donors (Lipinski definition) is 1. The first-order valence-corrected chi connectivity index (χ1v) is 8.45. The highest BCUT2D eigenvalue weighted by Crippen LogP contribution is 2.35. The highest BCUT2D eigenvalue weighted by Gasteiger charge is 2.05. The first kappa shape index (κ1) is 15.8. The van der Waals surface area contributed by atoms with Crippen LogP contribution in [0, 0.1) is 11.5 Å². The van der Waals surface area contributed by atoms with Crippen molar-refractivity contribution in [3.8, 4) is 6.19 Å². The molecule has 0 aliphatic carbocycles. The van der Waals surface area contributed by atoms with Gasteiger partial charge in [-0.3, -0.25) is 5.32 Å². The maximum atomic E-state index is 8.62. The minimum Gasteiger partial charge on any atom is -0.271 e. The van der Waals surface area contributed by atoms with Crippen molar-refractivity contribution in [2.24, 2.45) is 4.99 Å². The summed E-state index contributed by atoms with van der Waals surface area (Å²) in [6, 6.07) is 15.7. The maximum absolute atomic E-state index is 8.62. The number of hydrogen-bond acceptors (Lipinski definition) is 4. The number of benzene rings is 2. The Labute approximate surface area is 137 Å². The summed E-state index contributed by atoms with van der Waals surface area (Å²) in [6.45, 7) is 0. The molecule has 0 aliphatic heterocycles. The van der Waals surface area contributed by atoms with Crippen LogP contribution in [0.2, 0.25) is 5.02 Å². The second-order valence-electron chi connectivity index (χ2n) is 3.89. The molecule has 0 spiro atoms. The summed E-state index contributed by atoms with van der Waals surface area (Å²) in [5, 5.41) is 12.3. The van der Waals surface area contributed by atoms with Gasteiger partial charge in [0.05, 0.1) is 10.7 Å². The standard InChI is InChI=1S/C15H12ClN3S2/c1-20-15(18-10-17)19-11-7-8-14(13(16)9-11)21-12-5-3-2-4-6-12/h2-9H,1H3,(H,18,19). The molecule has 0 aliphatic rings. The third-order valence-corrected chi connectivity index (χ3v) is 4.56. The number of rotatable bonds is 3. The van der Waals surface area contributed by atoms with E-state index in [9.17, 15) is 0 Å². The maximum Gasteiger partial charge on any atom is 0.183 e. The summed E-state index contributed by atoms with van der Waals surface area (Å²) in [4.78, 5) is 6.43. The molecular formula is C15H12ClN3S2. The van der Waals surface area contributed by atoms with Crippen molar-refractivity contribution in [2.45, 2.75) is 9.79 Å². The van der Waals surface area contributed by atoms with Gasteiger partial charge in [-0.2, -0.15) is 5.26 Å². The topological polar surface area (TPSA) is 48.2 Å². The van der Waals surface area contributed by atoms with Crippen molar-refractivity contribution in [1.29, 1.82) is 5.26 Å². The molecule has 0 fully saturated rings.